The molecule has 1 aliphatic heterocycles. The van der Waals surface area contributed by atoms with E-state index in [4.69, 9.17) is 0 Å². The average Bonchev–Trinajstić information content (AvgIpc) is 2.29. The Morgan fingerprint density at radius 1 is 1.38 bits per heavy atom. The van der Waals surface area contributed by atoms with Crippen molar-refractivity contribution in [3.63, 3.8) is 0 Å². The van der Waals surface area contributed by atoms with Crippen molar-refractivity contribution in [3.8, 4) is 0 Å². The molecule has 0 saturated heterocycles. The summed E-state index contributed by atoms with van der Waals surface area (Å²) in [5.41, 5.74) is 2.81. The van der Waals surface area contributed by atoms with Crippen molar-refractivity contribution >= 4 is 5.69 Å². The second-order valence-corrected chi connectivity index (χ2v) is 4.87. The van der Waals surface area contributed by atoms with Gasteiger partial charge in [0, 0.05) is 18.8 Å². The molecule has 1 aromatic carbocycles. The molecule has 88 valence electrons. The Kier molecular flexibility index (Phi) is 3.83. The number of rotatable bonds is 4. The zero-order valence-corrected chi connectivity index (χ0v) is 10.4. The second kappa shape index (κ2) is 5.35. The fraction of sp³-hybridized carbons (Fsp3) is 0.571. The van der Waals surface area contributed by atoms with E-state index in [1.165, 1.54) is 37.2 Å². The number of anilines is 1. The molecule has 1 atom stereocenters. The molecule has 1 N–H and O–H groups in total. The van der Waals surface area contributed by atoms with Crippen LogP contribution in [0, 0.1) is 5.92 Å². The maximum Gasteiger partial charge on any atom is 0.0372 e. The number of nitrogens with one attached hydrogen (secondary N) is 1. The minimum atomic E-state index is 0.756. The number of hydrogen-bond donors (Lipinski definition) is 1. The zero-order chi connectivity index (χ0) is 11.4. The molecule has 1 unspecified atom stereocenters. The van der Waals surface area contributed by atoms with E-state index < -0.39 is 0 Å². The minimum Gasteiger partial charge on any atom is -0.384 e. The summed E-state index contributed by atoms with van der Waals surface area (Å²) in [6, 6.07) is 8.67. The van der Waals surface area contributed by atoms with Gasteiger partial charge in [0.05, 0.1) is 0 Å². The SMILES string of the molecule is CCCN(C)CC1CNc2ccccc2C1. The molecule has 0 bridgehead atoms. The van der Waals surface area contributed by atoms with Gasteiger partial charge in [-0.25, -0.2) is 0 Å². The molecule has 0 aromatic heterocycles. The highest BCUT2D eigenvalue weighted by atomic mass is 15.1. The van der Waals surface area contributed by atoms with Gasteiger partial charge in [-0.1, -0.05) is 25.1 Å². The maximum atomic E-state index is 3.53. The normalized spacial score (nSPS) is 19.3. The predicted octanol–water partition coefficient (Wildman–Crippen LogP) is 2.61. The third-order valence-electron chi connectivity index (χ3n) is 3.28. The lowest BCUT2D eigenvalue weighted by molar-refractivity contribution is 0.279. The first kappa shape index (κ1) is 11.5. The Morgan fingerprint density at radius 3 is 3.00 bits per heavy atom. The summed E-state index contributed by atoms with van der Waals surface area (Å²) in [7, 11) is 2.23. The lowest BCUT2D eigenvalue weighted by Gasteiger charge is -2.29. The molecule has 2 heteroatoms. The van der Waals surface area contributed by atoms with Crippen molar-refractivity contribution in [2.45, 2.75) is 19.8 Å². The molecule has 0 spiro atoms. The molecule has 0 fully saturated rings. The van der Waals surface area contributed by atoms with Gasteiger partial charge < -0.3 is 10.2 Å². The third-order valence-corrected chi connectivity index (χ3v) is 3.28. The van der Waals surface area contributed by atoms with Crippen molar-refractivity contribution < 1.29 is 0 Å². The number of nitrogens with zero attached hydrogens (tertiary/aromatic N) is 1. The Morgan fingerprint density at radius 2 is 2.19 bits per heavy atom. The van der Waals surface area contributed by atoms with E-state index in [0.717, 1.165) is 12.5 Å². The van der Waals surface area contributed by atoms with Crippen molar-refractivity contribution in [1.82, 2.24) is 4.90 Å². The van der Waals surface area contributed by atoms with Crippen molar-refractivity contribution in [2.75, 3.05) is 32.0 Å². The van der Waals surface area contributed by atoms with E-state index in [0.29, 0.717) is 0 Å². The van der Waals surface area contributed by atoms with Crippen LogP contribution in [0.25, 0.3) is 0 Å². The first-order valence-corrected chi connectivity index (χ1v) is 6.30. The topological polar surface area (TPSA) is 15.3 Å². The van der Waals surface area contributed by atoms with E-state index in [1.54, 1.807) is 0 Å². The molecule has 0 saturated carbocycles. The Labute approximate surface area is 98.7 Å². The minimum absolute atomic E-state index is 0.756. The van der Waals surface area contributed by atoms with Crippen LogP contribution in [0.2, 0.25) is 0 Å². The van der Waals surface area contributed by atoms with Crippen molar-refractivity contribution in [3.05, 3.63) is 29.8 Å². The van der Waals surface area contributed by atoms with Crippen LogP contribution in [0.15, 0.2) is 24.3 Å². The largest absolute Gasteiger partial charge is 0.384 e. The van der Waals surface area contributed by atoms with Crippen LogP contribution in [0.5, 0.6) is 0 Å². The van der Waals surface area contributed by atoms with Crippen LogP contribution in [-0.2, 0) is 6.42 Å². The van der Waals surface area contributed by atoms with Gasteiger partial charge in [-0.2, -0.15) is 0 Å². The molecule has 0 aliphatic carbocycles. The van der Waals surface area contributed by atoms with Crippen LogP contribution in [0.4, 0.5) is 5.69 Å². The predicted molar refractivity (Wildman–Crippen MR) is 69.9 cm³/mol. The second-order valence-electron chi connectivity index (χ2n) is 4.87. The molecular weight excluding hydrogens is 196 g/mol. The Balaban J connectivity index is 1.92. The van der Waals surface area contributed by atoms with Gasteiger partial charge in [0.25, 0.3) is 0 Å². The monoisotopic (exact) mass is 218 g/mol. The number of hydrogen-bond acceptors (Lipinski definition) is 2. The van der Waals surface area contributed by atoms with Crippen molar-refractivity contribution in [1.29, 1.82) is 0 Å². The van der Waals surface area contributed by atoms with Crippen LogP contribution in [-0.4, -0.2) is 31.6 Å². The lowest BCUT2D eigenvalue weighted by Crippen LogP contribution is -2.34. The van der Waals surface area contributed by atoms with E-state index >= 15 is 0 Å². The zero-order valence-electron chi connectivity index (χ0n) is 10.4. The number of fused-ring (bicyclic) bond motifs is 1. The summed E-state index contributed by atoms with van der Waals surface area (Å²) >= 11 is 0. The Bertz CT molecular complexity index is 335. The van der Waals surface area contributed by atoms with Gasteiger partial charge in [0.2, 0.25) is 0 Å². The average molecular weight is 218 g/mol. The first-order chi connectivity index (χ1) is 7.79. The molecular formula is C14H22N2. The summed E-state index contributed by atoms with van der Waals surface area (Å²) in [5.74, 6) is 0.756. The lowest BCUT2D eigenvalue weighted by atomic mass is 9.93. The highest BCUT2D eigenvalue weighted by Crippen LogP contribution is 2.24. The summed E-state index contributed by atoms with van der Waals surface area (Å²) in [5, 5.41) is 3.53. The van der Waals surface area contributed by atoms with Crippen LogP contribution in [0.3, 0.4) is 0 Å². The molecule has 1 heterocycles. The smallest absolute Gasteiger partial charge is 0.0372 e. The van der Waals surface area contributed by atoms with E-state index in [-0.39, 0.29) is 0 Å². The fourth-order valence-electron chi connectivity index (χ4n) is 2.55. The van der Waals surface area contributed by atoms with Gasteiger partial charge in [-0.15, -0.1) is 0 Å². The van der Waals surface area contributed by atoms with Crippen molar-refractivity contribution in [2.24, 2.45) is 5.92 Å². The first-order valence-electron chi connectivity index (χ1n) is 6.30. The fourth-order valence-corrected chi connectivity index (χ4v) is 2.55. The third kappa shape index (κ3) is 2.76. The summed E-state index contributed by atoms with van der Waals surface area (Å²) in [6.45, 7) is 5.77. The quantitative estimate of drug-likeness (QED) is 0.835. The van der Waals surface area contributed by atoms with Crippen LogP contribution < -0.4 is 5.32 Å². The van der Waals surface area contributed by atoms with E-state index in [2.05, 4.69) is 48.5 Å². The summed E-state index contributed by atoms with van der Waals surface area (Å²) < 4.78 is 0. The van der Waals surface area contributed by atoms with E-state index in [1.807, 2.05) is 0 Å². The standard InChI is InChI=1S/C14H22N2/c1-3-8-16(2)11-12-9-13-6-4-5-7-14(13)15-10-12/h4-7,12,15H,3,8-11H2,1-2H3. The van der Waals surface area contributed by atoms with Crippen LogP contribution >= 0.6 is 0 Å². The maximum absolute atomic E-state index is 3.53. The molecule has 1 aliphatic rings. The van der Waals surface area contributed by atoms with Gasteiger partial charge >= 0.3 is 0 Å². The number of para-hydroxylation sites is 1. The van der Waals surface area contributed by atoms with Gasteiger partial charge in [0.1, 0.15) is 0 Å². The molecule has 0 amide bonds. The molecule has 2 nitrogen and oxygen atoms in total. The molecule has 2 rings (SSSR count). The highest BCUT2D eigenvalue weighted by Gasteiger charge is 2.18. The summed E-state index contributed by atoms with van der Waals surface area (Å²) in [4.78, 5) is 2.44. The molecule has 0 radical (unpaired) electrons. The van der Waals surface area contributed by atoms with Gasteiger partial charge in [-0.3, -0.25) is 0 Å². The van der Waals surface area contributed by atoms with Crippen LogP contribution in [0.1, 0.15) is 18.9 Å². The Hall–Kier alpha value is -1.02. The van der Waals surface area contributed by atoms with Gasteiger partial charge in [0.15, 0.2) is 0 Å². The number of benzene rings is 1. The summed E-state index contributed by atoms with van der Waals surface area (Å²) in [6.07, 6.45) is 2.46. The molecule has 16 heavy (non-hydrogen) atoms. The van der Waals surface area contributed by atoms with Gasteiger partial charge in [-0.05, 0) is 44.0 Å². The molecule has 1 aromatic rings. The highest BCUT2D eigenvalue weighted by molar-refractivity contribution is 5.53. The van der Waals surface area contributed by atoms with E-state index in [9.17, 15) is 0 Å².